The Morgan fingerprint density at radius 2 is 1.25 bits per heavy atom. The first-order chi connectivity index (χ1) is 21.2. The minimum absolute atomic E-state index is 0.0726. The summed E-state index contributed by atoms with van der Waals surface area (Å²) in [7, 11) is 0. The van der Waals surface area contributed by atoms with E-state index in [2.05, 4.69) is 6.08 Å². The van der Waals surface area contributed by atoms with Crippen LogP contribution in [0, 0.1) is 18.6 Å². The third-order valence-corrected chi connectivity index (χ3v) is 8.43. The number of carboxylic acids is 1. The number of aliphatic carboxylic acids is 1. The Kier molecular flexibility index (Phi) is 10.1. The standard InChI is InChI=1S/C36H26Cl2F2O3S/c1-22-18-29(12-15-35(22)43-21-36(41)42)44-17-16-30(25-6-2-23(3-7-25)27-10-13-33(39)31(37)19-27)26-8-4-24(5-9-26)28-11-14-34(40)32(38)20-28/h2-16,18-20H,17,21H2,1H3,(H,41,42). The number of hydrogen-bond acceptors (Lipinski definition) is 3. The molecule has 0 aromatic heterocycles. The van der Waals surface area contributed by atoms with Gasteiger partial charge in [0.05, 0.1) is 10.0 Å². The molecule has 0 aliphatic carbocycles. The minimum atomic E-state index is -1.02. The minimum Gasteiger partial charge on any atom is -0.482 e. The molecule has 0 unspecified atom stereocenters. The smallest absolute Gasteiger partial charge is 0.341 e. The number of carboxylic acid groups (broad SMARTS) is 1. The number of aryl methyl sites for hydroxylation is 1. The normalized spacial score (nSPS) is 10.8. The van der Waals surface area contributed by atoms with E-state index >= 15 is 0 Å². The van der Waals surface area contributed by atoms with Crippen LogP contribution < -0.4 is 4.74 Å². The molecule has 0 saturated carbocycles. The Labute approximate surface area is 268 Å². The highest BCUT2D eigenvalue weighted by Gasteiger charge is 2.10. The fourth-order valence-electron chi connectivity index (χ4n) is 4.67. The van der Waals surface area contributed by atoms with Gasteiger partial charge in [0.25, 0.3) is 0 Å². The Balaban J connectivity index is 1.42. The lowest BCUT2D eigenvalue weighted by Crippen LogP contribution is -2.09. The SMILES string of the molecule is Cc1cc(SCC=C(c2ccc(-c3ccc(F)c(Cl)c3)cc2)c2ccc(-c3ccc(F)c(Cl)c3)cc2)ccc1OCC(=O)O. The van der Waals surface area contributed by atoms with Gasteiger partial charge >= 0.3 is 5.97 Å². The number of benzene rings is 5. The number of hydrogen-bond donors (Lipinski definition) is 1. The highest BCUT2D eigenvalue weighted by molar-refractivity contribution is 7.99. The van der Waals surface area contributed by atoms with Gasteiger partial charge in [-0.2, -0.15) is 0 Å². The molecule has 8 heteroatoms. The zero-order valence-corrected chi connectivity index (χ0v) is 25.8. The maximum atomic E-state index is 13.7. The van der Waals surface area contributed by atoms with Crippen LogP contribution in [0.4, 0.5) is 8.78 Å². The summed E-state index contributed by atoms with van der Waals surface area (Å²) in [5.74, 6) is -0.741. The van der Waals surface area contributed by atoms with Crippen LogP contribution in [0.3, 0.4) is 0 Å². The molecule has 0 fully saturated rings. The lowest BCUT2D eigenvalue weighted by atomic mass is 9.94. The van der Waals surface area contributed by atoms with Gasteiger partial charge < -0.3 is 9.84 Å². The van der Waals surface area contributed by atoms with Gasteiger partial charge in [-0.3, -0.25) is 0 Å². The van der Waals surface area contributed by atoms with Crippen molar-refractivity contribution in [3.05, 3.63) is 148 Å². The average molecular weight is 648 g/mol. The topological polar surface area (TPSA) is 46.5 Å². The third kappa shape index (κ3) is 7.69. The summed E-state index contributed by atoms with van der Waals surface area (Å²) in [5.41, 5.74) is 7.32. The van der Waals surface area contributed by atoms with Crippen molar-refractivity contribution in [2.45, 2.75) is 11.8 Å². The number of rotatable bonds is 10. The molecule has 5 aromatic rings. The summed E-state index contributed by atoms with van der Waals surface area (Å²) >= 11 is 13.7. The molecule has 0 heterocycles. The average Bonchev–Trinajstić information content (AvgIpc) is 3.02. The first-order valence-electron chi connectivity index (χ1n) is 13.6. The van der Waals surface area contributed by atoms with Crippen molar-refractivity contribution in [1.82, 2.24) is 0 Å². The van der Waals surface area contributed by atoms with Gasteiger partial charge in [0.15, 0.2) is 6.61 Å². The molecule has 0 radical (unpaired) electrons. The summed E-state index contributed by atoms with van der Waals surface area (Å²) in [6.45, 7) is 1.49. The van der Waals surface area contributed by atoms with Crippen LogP contribution in [-0.2, 0) is 4.79 Å². The van der Waals surface area contributed by atoms with Crippen molar-refractivity contribution in [3.8, 4) is 28.0 Å². The second kappa shape index (κ2) is 14.1. The summed E-state index contributed by atoms with van der Waals surface area (Å²) in [5, 5.41) is 9.04. The van der Waals surface area contributed by atoms with E-state index in [1.54, 1.807) is 42.1 Å². The second-order valence-electron chi connectivity index (χ2n) is 9.95. The maximum Gasteiger partial charge on any atom is 0.341 e. The van der Waals surface area contributed by atoms with Gasteiger partial charge in [0.2, 0.25) is 0 Å². The van der Waals surface area contributed by atoms with Crippen LogP contribution in [0.1, 0.15) is 16.7 Å². The summed E-state index contributed by atoms with van der Waals surface area (Å²) < 4.78 is 32.7. The van der Waals surface area contributed by atoms with Gasteiger partial charge in [-0.15, -0.1) is 11.8 Å². The molecular weight excluding hydrogens is 621 g/mol. The van der Waals surface area contributed by atoms with Crippen LogP contribution in [0.2, 0.25) is 10.0 Å². The number of ether oxygens (including phenoxy) is 1. The largest absolute Gasteiger partial charge is 0.482 e. The first kappa shape index (κ1) is 31.3. The molecule has 0 saturated heterocycles. The molecule has 0 aliphatic rings. The van der Waals surface area contributed by atoms with E-state index in [1.807, 2.05) is 67.6 Å². The predicted molar refractivity (Wildman–Crippen MR) is 176 cm³/mol. The van der Waals surface area contributed by atoms with Gasteiger partial charge in [-0.05, 0) is 93.9 Å². The Morgan fingerprint density at radius 3 is 1.70 bits per heavy atom. The predicted octanol–water partition coefficient (Wildman–Crippen LogP) is 10.6. The van der Waals surface area contributed by atoms with Crippen molar-refractivity contribution in [3.63, 3.8) is 0 Å². The molecule has 0 bridgehead atoms. The number of carbonyl (C=O) groups is 1. The Bertz CT molecular complexity index is 1740. The van der Waals surface area contributed by atoms with Crippen molar-refractivity contribution in [2.24, 2.45) is 0 Å². The second-order valence-corrected chi connectivity index (χ2v) is 11.9. The molecule has 222 valence electrons. The van der Waals surface area contributed by atoms with Gasteiger partial charge in [0, 0.05) is 10.6 Å². The lowest BCUT2D eigenvalue weighted by Gasteiger charge is -2.12. The van der Waals surface area contributed by atoms with Gasteiger partial charge in [-0.1, -0.05) is 89.9 Å². The maximum absolute atomic E-state index is 13.7. The van der Waals surface area contributed by atoms with Crippen LogP contribution in [0.25, 0.3) is 27.8 Å². The van der Waals surface area contributed by atoms with E-state index in [0.29, 0.717) is 11.5 Å². The lowest BCUT2D eigenvalue weighted by molar-refractivity contribution is -0.139. The molecule has 1 N–H and O–H groups in total. The zero-order chi connectivity index (χ0) is 31.2. The van der Waals surface area contributed by atoms with E-state index in [4.69, 9.17) is 33.0 Å². The molecule has 0 amide bonds. The third-order valence-electron chi connectivity index (χ3n) is 6.93. The molecule has 5 rings (SSSR count). The van der Waals surface area contributed by atoms with E-state index in [1.165, 1.54) is 12.1 Å². The quantitative estimate of drug-likeness (QED) is 0.153. The summed E-state index contributed by atoms with van der Waals surface area (Å²) in [6.07, 6.45) is 2.16. The van der Waals surface area contributed by atoms with E-state index in [0.717, 1.165) is 49.4 Å². The molecule has 3 nitrogen and oxygen atoms in total. The zero-order valence-electron chi connectivity index (χ0n) is 23.5. The van der Waals surface area contributed by atoms with Crippen LogP contribution in [0.15, 0.2) is 114 Å². The molecule has 44 heavy (non-hydrogen) atoms. The molecule has 0 atom stereocenters. The highest BCUT2D eigenvalue weighted by atomic mass is 35.5. The highest BCUT2D eigenvalue weighted by Crippen LogP contribution is 2.33. The van der Waals surface area contributed by atoms with Crippen molar-refractivity contribution >= 4 is 46.5 Å². The Hall–Kier alpha value is -4.10. The Morgan fingerprint density at radius 1 is 0.750 bits per heavy atom. The van der Waals surface area contributed by atoms with Gasteiger partial charge in [-0.25, -0.2) is 13.6 Å². The summed E-state index contributed by atoms with van der Waals surface area (Å²) in [4.78, 5) is 11.9. The molecule has 0 spiro atoms. The van der Waals surface area contributed by atoms with Crippen molar-refractivity contribution in [1.29, 1.82) is 0 Å². The van der Waals surface area contributed by atoms with Crippen LogP contribution >= 0.6 is 35.0 Å². The molecule has 5 aromatic carbocycles. The first-order valence-corrected chi connectivity index (χ1v) is 15.3. The number of halogens is 4. The number of thioether (sulfide) groups is 1. The molecule has 0 aliphatic heterocycles. The van der Waals surface area contributed by atoms with Crippen LogP contribution in [0.5, 0.6) is 5.75 Å². The van der Waals surface area contributed by atoms with Gasteiger partial charge in [0.1, 0.15) is 17.4 Å². The molecular formula is C36H26Cl2F2O3S. The van der Waals surface area contributed by atoms with Crippen molar-refractivity contribution in [2.75, 3.05) is 12.4 Å². The van der Waals surface area contributed by atoms with Crippen molar-refractivity contribution < 1.29 is 23.4 Å². The van der Waals surface area contributed by atoms with Crippen LogP contribution in [-0.4, -0.2) is 23.4 Å². The van der Waals surface area contributed by atoms with E-state index in [9.17, 15) is 13.6 Å². The monoisotopic (exact) mass is 646 g/mol. The summed E-state index contributed by atoms with van der Waals surface area (Å²) in [6, 6.07) is 31.0. The van der Waals surface area contributed by atoms with E-state index < -0.39 is 17.6 Å². The fraction of sp³-hybridized carbons (Fsp3) is 0.0833. The fourth-order valence-corrected chi connectivity index (χ4v) is 5.90. The van der Waals surface area contributed by atoms with E-state index in [-0.39, 0.29) is 16.7 Å².